The molecule has 0 saturated heterocycles. The van der Waals surface area contributed by atoms with Crippen molar-refractivity contribution in [3.63, 3.8) is 0 Å². The quantitative estimate of drug-likeness (QED) is 0.498. The van der Waals surface area contributed by atoms with Crippen molar-refractivity contribution in [1.29, 1.82) is 0 Å². The molecule has 0 radical (unpaired) electrons. The Labute approximate surface area is 154 Å². The fourth-order valence-electron chi connectivity index (χ4n) is 2.02. The van der Waals surface area contributed by atoms with Crippen LogP contribution in [0.25, 0.3) is 0 Å². The van der Waals surface area contributed by atoms with Gasteiger partial charge in [-0.25, -0.2) is 0 Å². The summed E-state index contributed by atoms with van der Waals surface area (Å²) in [6, 6.07) is 5.53. The van der Waals surface area contributed by atoms with Crippen molar-refractivity contribution in [2.24, 2.45) is 0 Å². The first-order valence-electron chi connectivity index (χ1n) is 7.30. The molecule has 1 aromatic carbocycles. The van der Waals surface area contributed by atoms with Crippen molar-refractivity contribution in [1.82, 2.24) is 5.32 Å². The highest BCUT2D eigenvalue weighted by Gasteiger charge is 2.34. The molecule has 142 valence electrons. The number of nitrogens with one attached hydrogen (secondary N) is 1. The van der Waals surface area contributed by atoms with Crippen LogP contribution in [0.5, 0.6) is 5.75 Å². The minimum Gasteiger partial charge on any atom is -0.491 e. The van der Waals surface area contributed by atoms with E-state index in [1.54, 1.807) is 6.92 Å². The van der Waals surface area contributed by atoms with Gasteiger partial charge in [0, 0.05) is 4.90 Å². The number of thioether (sulfide) groups is 1. The van der Waals surface area contributed by atoms with Crippen molar-refractivity contribution >= 4 is 29.0 Å². The maximum atomic E-state index is 12.9. The topological polar surface area (TPSA) is 38.3 Å². The van der Waals surface area contributed by atoms with Crippen LogP contribution < -0.4 is 10.1 Å². The number of thiophene rings is 1. The van der Waals surface area contributed by atoms with E-state index in [0.29, 0.717) is 0 Å². The Kier molecular flexibility index (Phi) is 6.87. The van der Waals surface area contributed by atoms with E-state index >= 15 is 0 Å². The summed E-state index contributed by atoms with van der Waals surface area (Å²) in [7, 11) is 0. The lowest BCUT2D eigenvalue weighted by atomic mass is 10.2. The second kappa shape index (κ2) is 8.72. The Hall–Kier alpha value is -1.81. The molecule has 1 amide bonds. The van der Waals surface area contributed by atoms with Crippen molar-refractivity contribution in [3.8, 4) is 5.75 Å². The number of carbonyl (C=O) groups is 1. The number of ether oxygens (including phenoxy) is 1. The van der Waals surface area contributed by atoms with E-state index in [-0.39, 0.29) is 33.9 Å². The smallest absolute Gasteiger partial charge is 0.419 e. The van der Waals surface area contributed by atoms with E-state index in [2.05, 4.69) is 5.32 Å². The summed E-state index contributed by atoms with van der Waals surface area (Å²) in [5, 5.41) is 4.05. The molecule has 2 rings (SSSR count). The number of hydrogen-bond donors (Lipinski definition) is 1. The number of rotatable bonds is 7. The average molecular weight is 411 g/mol. The van der Waals surface area contributed by atoms with Crippen LogP contribution in [-0.2, 0) is 6.18 Å². The third kappa shape index (κ3) is 5.60. The highest BCUT2D eigenvalue weighted by Crippen LogP contribution is 2.36. The van der Waals surface area contributed by atoms with E-state index in [1.165, 1.54) is 29.6 Å². The van der Waals surface area contributed by atoms with Crippen LogP contribution in [0.2, 0.25) is 0 Å². The predicted octanol–water partition coefficient (Wildman–Crippen LogP) is 5.28. The highest BCUT2D eigenvalue weighted by atomic mass is 32.2. The molecule has 0 aliphatic rings. The molecule has 2 aromatic rings. The standard InChI is InChI=1S/C16H14F5NO2S2/c1-9(8-24-11-5-3-2-4-10(11)16(19,20)21)22-14(23)13-12(6-7-25-13)26-15(17)18/h2-7,9,15H,8H2,1H3,(H,22,23). The Morgan fingerprint density at radius 3 is 2.62 bits per heavy atom. The zero-order valence-electron chi connectivity index (χ0n) is 13.3. The Morgan fingerprint density at radius 2 is 1.96 bits per heavy atom. The first-order chi connectivity index (χ1) is 12.2. The van der Waals surface area contributed by atoms with Crippen LogP contribution in [0.1, 0.15) is 22.2 Å². The van der Waals surface area contributed by atoms with E-state index in [4.69, 9.17) is 4.74 Å². The van der Waals surface area contributed by atoms with E-state index in [0.717, 1.165) is 17.4 Å². The average Bonchev–Trinajstić information content (AvgIpc) is 2.99. The monoisotopic (exact) mass is 411 g/mol. The van der Waals surface area contributed by atoms with Gasteiger partial charge in [-0.2, -0.15) is 22.0 Å². The number of alkyl halides is 5. The zero-order valence-corrected chi connectivity index (χ0v) is 15.0. The molecule has 1 heterocycles. The van der Waals surface area contributed by atoms with E-state index < -0.39 is 29.4 Å². The molecular weight excluding hydrogens is 397 g/mol. The second-order valence-corrected chi connectivity index (χ2v) is 7.12. The third-order valence-corrected chi connectivity index (χ3v) is 4.92. The molecule has 0 aliphatic carbocycles. The molecule has 0 fully saturated rings. The molecule has 26 heavy (non-hydrogen) atoms. The van der Waals surface area contributed by atoms with Gasteiger partial charge in [0.1, 0.15) is 17.2 Å². The SMILES string of the molecule is CC(COc1ccccc1C(F)(F)F)NC(=O)c1sccc1SC(F)F. The molecule has 10 heteroatoms. The van der Waals surface area contributed by atoms with Gasteiger partial charge in [-0.15, -0.1) is 11.3 Å². The Bertz CT molecular complexity index is 748. The minimum atomic E-state index is -4.55. The van der Waals surface area contributed by atoms with Gasteiger partial charge in [-0.05, 0) is 30.5 Å². The van der Waals surface area contributed by atoms with E-state index in [9.17, 15) is 26.7 Å². The van der Waals surface area contributed by atoms with Crippen LogP contribution in [0.4, 0.5) is 22.0 Å². The minimum absolute atomic E-state index is 0.123. The molecule has 0 bridgehead atoms. The van der Waals surface area contributed by atoms with E-state index in [1.807, 2.05) is 0 Å². The maximum Gasteiger partial charge on any atom is 0.419 e. The summed E-state index contributed by atoms with van der Waals surface area (Å²) in [4.78, 5) is 12.4. The molecule has 1 atom stereocenters. The molecule has 0 saturated carbocycles. The maximum absolute atomic E-state index is 12.9. The van der Waals surface area contributed by atoms with Gasteiger partial charge in [0.25, 0.3) is 11.7 Å². The number of carbonyl (C=O) groups excluding carboxylic acids is 1. The van der Waals surface area contributed by atoms with Crippen LogP contribution in [0, 0.1) is 0 Å². The van der Waals surface area contributed by atoms with Crippen molar-refractivity contribution in [2.45, 2.75) is 29.8 Å². The lowest BCUT2D eigenvalue weighted by molar-refractivity contribution is -0.139. The van der Waals surface area contributed by atoms with Gasteiger partial charge in [0.2, 0.25) is 0 Å². The molecule has 0 spiro atoms. The van der Waals surface area contributed by atoms with Crippen LogP contribution >= 0.6 is 23.1 Å². The zero-order chi connectivity index (χ0) is 19.3. The normalized spacial score (nSPS) is 12.9. The predicted molar refractivity (Wildman–Crippen MR) is 90.0 cm³/mol. The summed E-state index contributed by atoms with van der Waals surface area (Å²) in [5.41, 5.74) is -0.910. The van der Waals surface area contributed by atoms with Crippen LogP contribution in [-0.4, -0.2) is 24.3 Å². The van der Waals surface area contributed by atoms with Gasteiger partial charge in [-0.3, -0.25) is 4.79 Å². The lowest BCUT2D eigenvalue weighted by Crippen LogP contribution is -2.36. The van der Waals surface area contributed by atoms with Gasteiger partial charge < -0.3 is 10.1 Å². The second-order valence-electron chi connectivity index (χ2n) is 5.17. The van der Waals surface area contributed by atoms with Crippen molar-refractivity contribution in [3.05, 3.63) is 46.2 Å². The fraction of sp³-hybridized carbons (Fsp3) is 0.312. The molecule has 1 aromatic heterocycles. The van der Waals surface area contributed by atoms with Crippen molar-refractivity contribution < 1.29 is 31.5 Å². The summed E-state index contributed by atoms with van der Waals surface area (Å²) in [5.74, 6) is -3.58. The number of amides is 1. The summed E-state index contributed by atoms with van der Waals surface area (Å²) < 4.78 is 68.8. The molecule has 1 unspecified atom stereocenters. The van der Waals surface area contributed by atoms with Gasteiger partial charge in [0.15, 0.2) is 0 Å². The first kappa shape index (κ1) is 20.5. The Balaban J connectivity index is 1.97. The summed E-state index contributed by atoms with van der Waals surface area (Å²) in [6.07, 6.45) is -4.55. The Morgan fingerprint density at radius 1 is 1.27 bits per heavy atom. The highest BCUT2D eigenvalue weighted by molar-refractivity contribution is 7.99. The number of benzene rings is 1. The summed E-state index contributed by atoms with van der Waals surface area (Å²) >= 11 is 1.27. The first-order valence-corrected chi connectivity index (χ1v) is 9.06. The number of hydrogen-bond acceptors (Lipinski definition) is 4. The molecule has 1 N–H and O–H groups in total. The number of para-hydroxylation sites is 1. The largest absolute Gasteiger partial charge is 0.491 e. The molecule has 0 aliphatic heterocycles. The van der Waals surface area contributed by atoms with Gasteiger partial charge >= 0.3 is 6.18 Å². The van der Waals surface area contributed by atoms with Crippen LogP contribution in [0.15, 0.2) is 40.6 Å². The van der Waals surface area contributed by atoms with Crippen molar-refractivity contribution in [2.75, 3.05) is 6.61 Å². The number of halogens is 5. The molecular formula is C16H14F5NO2S2. The van der Waals surface area contributed by atoms with Crippen LogP contribution in [0.3, 0.4) is 0 Å². The van der Waals surface area contributed by atoms with Gasteiger partial charge in [0.05, 0.1) is 11.6 Å². The molecule has 3 nitrogen and oxygen atoms in total. The summed E-state index contributed by atoms with van der Waals surface area (Å²) in [6.45, 7) is 1.34. The van der Waals surface area contributed by atoms with Gasteiger partial charge in [-0.1, -0.05) is 23.9 Å². The third-order valence-electron chi connectivity index (χ3n) is 3.11. The lowest BCUT2D eigenvalue weighted by Gasteiger charge is -2.18. The fourth-order valence-corrected chi connectivity index (χ4v) is 3.63.